The van der Waals surface area contributed by atoms with Crippen LogP contribution in [-0.2, 0) is 6.42 Å². The molecule has 1 fully saturated rings. The van der Waals surface area contributed by atoms with Gasteiger partial charge < -0.3 is 4.74 Å². The molecule has 0 unspecified atom stereocenters. The van der Waals surface area contributed by atoms with E-state index >= 15 is 0 Å². The Balaban J connectivity index is 1.49. The van der Waals surface area contributed by atoms with E-state index < -0.39 is 0 Å². The molecule has 0 atom stereocenters. The Morgan fingerprint density at radius 3 is 2.08 bits per heavy atom. The fourth-order valence-electron chi connectivity index (χ4n) is 3.96. The summed E-state index contributed by atoms with van der Waals surface area (Å²) in [6, 6.07) is 7.90. The third-order valence-electron chi connectivity index (χ3n) is 5.56. The van der Waals surface area contributed by atoms with Crippen LogP contribution in [0, 0.1) is 11.8 Å². The van der Waals surface area contributed by atoms with Crippen molar-refractivity contribution in [3.8, 4) is 17.1 Å². The maximum Gasteiger partial charge on any atom is 0.159 e. The van der Waals surface area contributed by atoms with Gasteiger partial charge in [-0.15, -0.1) is 0 Å². The van der Waals surface area contributed by atoms with Crippen molar-refractivity contribution in [1.29, 1.82) is 0 Å². The van der Waals surface area contributed by atoms with Crippen LogP contribution in [0.4, 0.5) is 0 Å². The van der Waals surface area contributed by atoms with Gasteiger partial charge in [0.2, 0.25) is 0 Å². The number of hydrogen-bond acceptors (Lipinski definition) is 3. The average Bonchev–Trinajstić information content (AvgIpc) is 2.68. The number of aromatic nitrogens is 2. The first-order valence-corrected chi connectivity index (χ1v) is 9.73. The third-order valence-corrected chi connectivity index (χ3v) is 5.56. The number of nitrogens with zero attached hydrogens (tertiary/aromatic N) is 2. The van der Waals surface area contributed by atoms with Gasteiger partial charge in [-0.3, -0.25) is 0 Å². The zero-order valence-corrected chi connectivity index (χ0v) is 15.6. The van der Waals surface area contributed by atoms with Crippen LogP contribution in [0.1, 0.15) is 57.4 Å². The molecule has 25 heavy (non-hydrogen) atoms. The Bertz CT molecular complexity index is 628. The molecule has 1 aliphatic rings. The van der Waals surface area contributed by atoms with Gasteiger partial charge in [-0.1, -0.05) is 45.4 Å². The molecule has 3 heteroatoms. The monoisotopic (exact) mass is 338 g/mol. The number of hydrogen-bond donors (Lipinski definition) is 0. The lowest BCUT2D eigenvalue weighted by atomic mass is 9.78. The number of rotatable bonds is 7. The Morgan fingerprint density at radius 1 is 0.920 bits per heavy atom. The highest BCUT2D eigenvalue weighted by atomic mass is 16.5. The van der Waals surface area contributed by atoms with Crippen molar-refractivity contribution in [2.45, 2.75) is 58.3 Å². The van der Waals surface area contributed by atoms with Gasteiger partial charge in [0.05, 0.1) is 7.11 Å². The molecule has 0 N–H and O–H groups in total. The van der Waals surface area contributed by atoms with Crippen molar-refractivity contribution in [3.63, 3.8) is 0 Å². The maximum absolute atomic E-state index is 5.19. The molecule has 0 bridgehead atoms. The molecule has 0 radical (unpaired) electrons. The quantitative estimate of drug-likeness (QED) is 0.650. The second kappa shape index (κ2) is 8.98. The summed E-state index contributed by atoms with van der Waals surface area (Å²) in [7, 11) is 1.68. The smallest absolute Gasteiger partial charge is 0.159 e. The van der Waals surface area contributed by atoms with Crippen molar-refractivity contribution in [2.75, 3.05) is 7.11 Å². The van der Waals surface area contributed by atoms with Crippen molar-refractivity contribution < 1.29 is 4.74 Å². The summed E-state index contributed by atoms with van der Waals surface area (Å²) in [5.41, 5.74) is 2.29. The zero-order valence-electron chi connectivity index (χ0n) is 15.6. The largest absolute Gasteiger partial charge is 0.497 e. The van der Waals surface area contributed by atoms with Crippen molar-refractivity contribution >= 4 is 0 Å². The van der Waals surface area contributed by atoms with E-state index in [1.165, 1.54) is 50.5 Å². The van der Waals surface area contributed by atoms with Gasteiger partial charge in [-0.25, -0.2) is 9.97 Å². The van der Waals surface area contributed by atoms with Gasteiger partial charge >= 0.3 is 0 Å². The predicted molar refractivity (Wildman–Crippen MR) is 103 cm³/mol. The molecule has 0 spiro atoms. The number of aryl methyl sites for hydroxylation is 1. The highest BCUT2D eigenvalue weighted by Gasteiger charge is 2.20. The van der Waals surface area contributed by atoms with E-state index in [0.717, 1.165) is 35.4 Å². The minimum Gasteiger partial charge on any atom is -0.497 e. The summed E-state index contributed by atoms with van der Waals surface area (Å²) >= 11 is 0. The molecule has 3 rings (SSSR count). The summed E-state index contributed by atoms with van der Waals surface area (Å²) < 4.78 is 5.19. The summed E-state index contributed by atoms with van der Waals surface area (Å²) in [6.07, 6.45) is 14.8. The van der Waals surface area contributed by atoms with Gasteiger partial charge in [0.25, 0.3) is 0 Å². The first-order valence-electron chi connectivity index (χ1n) is 9.73. The van der Waals surface area contributed by atoms with Crippen LogP contribution >= 0.6 is 0 Å². The number of benzene rings is 1. The van der Waals surface area contributed by atoms with Crippen LogP contribution in [0.2, 0.25) is 0 Å². The molecule has 1 aliphatic carbocycles. The van der Waals surface area contributed by atoms with Crippen molar-refractivity contribution in [3.05, 3.63) is 42.2 Å². The lowest BCUT2D eigenvalue weighted by Gasteiger charge is -2.28. The minimum atomic E-state index is 0.784. The molecule has 0 amide bonds. The van der Waals surface area contributed by atoms with Gasteiger partial charge in [0.1, 0.15) is 5.75 Å². The van der Waals surface area contributed by atoms with Crippen LogP contribution in [0.25, 0.3) is 11.4 Å². The molecule has 0 aliphatic heterocycles. The van der Waals surface area contributed by atoms with E-state index in [1.807, 2.05) is 36.7 Å². The summed E-state index contributed by atoms with van der Waals surface area (Å²) in [5, 5.41) is 0. The van der Waals surface area contributed by atoms with E-state index in [0.29, 0.717) is 0 Å². The van der Waals surface area contributed by atoms with Gasteiger partial charge in [-0.05, 0) is 54.5 Å². The first kappa shape index (κ1) is 17.9. The molecule has 1 heterocycles. The first-order chi connectivity index (χ1) is 12.3. The van der Waals surface area contributed by atoms with E-state index in [2.05, 4.69) is 16.9 Å². The number of methoxy groups -OCH3 is 1. The van der Waals surface area contributed by atoms with Gasteiger partial charge in [0, 0.05) is 18.0 Å². The fraction of sp³-hybridized carbons (Fsp3) is 0.545. The normalized spacial score (nSPS) is 20.4. The van der Waals surface area contributed by atoms with E-state index in [4.69, 9.17) is 4.74 Å². The predicted octanol–water partition coefficient (Wildman–Crippen LogP) is 5.69. The highest BCUT2D eigenvalue weighted by molar-refractivity contribution is 5.55. The lowest BCUT2D eigenvalue weighted by molar-refractivity contribution is 0.252. The summed E-state index contributed by atoms with van der Waals surface area (Å²) in [5.74, 6) is 3.53. The molecule has 1 aromatic heterocycles. The number of ether oxygens (including phenoxy) is 1. The summed E-state index contributed by atoms with van der Waals surface area (Å²) in [6.45, 7) is 2.31. The van der Waals surface area contributed by atoms with Crippen LogP contribution in [0.3, 0.4) is 0 Å². The molecular weight excluding hydrogens is 308 g/mol. The molecule has 0 saturated heterocycles. The second-order valence-electron chi connectivity index (χ2n) is 7.36. The Hall–Kier alpha value is -1.90. The molecule has 1 saturated carbocycles. The lowest BCUT2D eigenvalue weighted by Crippen LogP contribution is -2.15. The Morgan fingerprint density at radius 2 is 1.52 bits per heavy atom. The Kier molecular flexibility index (Phi) is 6.43. The highest BCUT2D eigenvalue weighted by Crippen LogP contribution is 2.33. The van der Waals surface area contributed by atoms with Crippen LogP contribution in [-0.4, -0.2) is 17.1 Å². The van der Waals surface area contributed by atoms with E-state index in [1.54, 1.807) is 7.11 Å². The van der Waals surface area contributed by atoms with E-state index in [9.17, 15) is 0 Å². The van der Waals surface area contributed by atoms with E-state index in [-0.39, 0.29) is 0 Å². The topological polar surface area (TPSA) is 35.0 Å². The fourth-order valence-corrected chi connectivity index (χ4v) is 3.96. The molecule has 2 aromatic rings. The van der Waals surface area contributed by atoms with Gasteiger partial charge in [0.15, 0.2) is 5.82 Å². The average molecular weight is 338 g/mol. The van der Waals surface area contributed by atoms with Crippen LogP contribution < -0.4 is 4.74 Å². The van der Waals surface area contributed by atoms with Crippen molar-refractivity contribution in [2.24, 2.45) is 11.8 Å². The second-order valence-corrected chi connectivity index (χ2v) is 7.36. The molecule has 1 aromatic carbocycles. The summed E-state index contributed by atoms with van der Waals surface area (Å²) in [4.78, 5) is 9.11. The van der Waals surface area contributed by atoms with Crippen molar-refractivity contribution in [1.82, 2.24) is 9.97 Å². The maximum atomic E-state index is 5.19. The zero-order chi connectivity index (χ0) is 17.5. The van der Waals surface area contributed by atoms with Gasteiger partial charge in [-0.2, -0.15) is 0 Å². The molecular formula is C22H30N2O. The van der Waals surface area contributed by atoms with Crippen LogP contribution in [0.5, 0.6) is 5.75 Å². The molecule has 3 nitrogen and oxygen atoms in total. The third kappa shape index (κ3) is 5.04. The Labute approximate surface area is 151 Å². The molecule has 134 valence electrons. The minimum absolute atomic E-state index is 0.784. The standard InChI is InChI=1S/C22H30N2O/c1-3-4-17-5-7-18(8-6-17)9-10-19-15-23-22(24-16-19)20-11-13-21(25-2)14-12-20/h11-18H,3-10H2,1-2H3. The SMILES string of the molecule is CCCC1CCC(CCc2cnc(-c3ccc(OC)cc3)nc2)CC1. The van der Waals surface area contributed by atoms with Crippen LogP contribution in [0.15, 0.2) is 36.7 Å².